The number of amides is 1. The molecule has 1 aliphatic heterocycles. The molecule has 1 heterocycles. The van der Waals surface area contributed by atoms with Crippen molar-refractivity contribution >= 4 is 23.4 Å². The molecule has 1 atom stereocenters. The molecule has 5 heteroatoms. The van der Waals surface area contributed by atoms with Crippen molar-refractivity contribution in [2.75, 3.05) is 24.7 Å². The Balaban J connectivity index is 1.79. The first-order valence-electron chi connectivity index (χ1n) is 7.76. The van der Waals surface area contributed by atoms with Gasteiger partial charge in [0, 0.05) is 26.3 Å². The summed E-state index contributed by atoms with van der Waals surface area (Å²) in [5.41, 5.74) is 3.97. The molecule has 2 aromatic rings. The van der Waals surface area contributed by atoms with Gasteiger partial charge in [0.05, 0.1) is 17.4 Å². The number of anilines is 1. The third-order valence-electron chi connectivity index (χ3n) is 4.10. The van der Waals surface area contributed by atoms with Crippen molar-refractivity contribution in [1.29, 1.82) is 5.26 Å². The van der Waals surface area contributed by atoms with Crippen LogP contribution in [0.25, 0.3) is 0 Å². The zero-order valence-electron chi connectivity index (χ0n) is 13.8. The average Bonchev–Trinajstić information content (AvgIpc) is 2.96. The normalized spacial score (nSPS) is 17.0. The first-order chi connectivity index (χ1) is 11.6. The van der Waals surface area contributed by atoms with E-state index in [1.54, 1.807) is 11.8 Å². The fourth-order valence-electron chi connectivity index (χ4n) is 2.72. The van der Waals surface area contributed by atoms with Gasteiger partial charge in [-0.15, -0.1) is 11.8 Å². The molecule has 0 bridgehead atoms. The maximum absolute atomic E-state index is 12.3. The summed E-state index contributed by atoms with van der Waals surface area (Å²) in [7, 11) is 4.02. The van der Waals surface area contributed by atoms with Crippen molar-refractivity contribution in [1.82, 2.24) is 4.90 Å². The standard InChI is InChI=1S/C19H19N3OS/c1-21(2)17-9-5-15(6-10-17)12-22-18(23)13-24-19(22)16-7-3-14(11-20)4-8-16/h3-10,19H,12-13H2,1-2H3. The number of hydrogen-bond donors (Lipinski definition) is 0. The van der Waals surface area contributed by atoms with Crippen LogP contribution in [0.15, 0.2) is 48.5 Å². The number of hydrogen-bond acceptors (Lipinski definition) is 4. The Kier molecular flexibility index (Phi) is 4.77. The number of rotatable bonds is 4. The van der Waals surface area contributed by atoms with Gasteiger partial charge in [-0.2, -0.15) is 5.26 Å². The molecule has 0 aliphatic carbocycles. The Morgan fingerprint density at radius 3 is 2.42 bits per heavy atom. The molecule has 0 saturated carbocycles. The lowest BCUT2D eigenvalue weighted by Gasteiger charge is -2.24. The van der Waals surface area contributed by atoms with Gasteiger partial charge in [-0.25, -0.2) is 0 Å². The lowest BCUT2D eigenvalue weighted by atomic mass is 10.1. The molecule has 0 radical (unpaired) electrons. The maximum Gasteiger partial charge on any atom is 0.234 e. The van der Waals surface area contributed by atoms with E-state index in [1.807, 2.05) is 43.3 Å². The number of thioether (sulfide) groups is 1. The van der Waals surface area contributed by atoms with E-state index in [1.165, 1.54) is 0 Å². The van der Waals surface area contributed by atoms with E-state index >= 15 is 0 Å². The summed E-state index contributed by atoms with van der Waals surface area (Å²) in [5.74, 6) is 0.659. The fraction of sp³-hybridized carbons (Fsp3) is 0.263. The smallest absolute Gasteiger partial charge is 0.234 e. The molecule has 2 aromatic carbocycles. The Bertz CT molecular complexity index is 763. The Morgan fingerprint density at radius 2 is 1.83 bits per heavy atom. The summed E-state index contributed by atoms with van der Waals surface area (Å²) in [4.78, 5) is 16.3. The molecule has 24 heavy (non-hydrogen) atoms. The highest BCUT2D eigenvalue weighted by molar-refractivity contribution is 8.00. The molecule has 1 aliphatic rings. The van der Waals surface area contributed by atoms with Gasteiger partial charge in [0.15, 0.2) is 0 Å². The molecule has 3 rings (SSSR count). The van der Waals surface area contributed by atoms with Crippen molar-refractivity contribution < 1.29 is 4.79 Å². The summed E-state index contributed by atoms with van der Waals surface area (Å²) >= 11 is 1.64. The largest absolute Gasteiger partial charge is 0.378 e. The first kappa shape index (κ1) is 16.4. The molecule has 1 amide bonds. The van der Waals surface area contributed by atoms with E-state index in [0.717, 1.165) is 16.8 Å². The van der Waals surface area contributed by atoms with E-state index < -0.39 is 0 Å². The maximum atomic E-state index is 12.3. The molecular formula is C19H19N3OS. The summed E-state index contributed by atoms with van der Waals surface area (Å²) in [6.45, 7) is 0.601. The number of benzene rings is 2. The van der Waals surface area contributed by atoms with Crippen molar-refractivity contribution in [3.63, 3.8) is 0 Å². The number of nitrogens with zero attached hydrogens (tertiary/aromatic N) is 3. The molecule has 0 aromatic heterocycles. The van der Waals surface area contributed by atoms with Gasteiger partial charge in [-0.05, 0) is 35.4 Å². The van der Waals surface area contributed by atoms with Gasteiger partial charge in [-0.1, -0.05) is 24.3 Å². The molecule has 1 fully saturated rings. The zero-order valence-corrected chi connectivity index (χ0v) is 14.6. The molecule has 1 unspecified atom stereocenters. The second-order valence-corrected chi connectivity index (χ2v) is 7.05. The quantitative estimate of drug-likeness (QED) is 0.858. The summed E-state index contributed by atoms with van der Waals surface area (Å²) in [6, 6.07) is 17.9. The van der Waals surface area contributed by atoms with E-state index in [4.69, 9.17) is 5.26 Å². The Hall–Kier alpha value is -2.45. The van der Waals surface area contributed by atoms with Crippen LogP contribution < -0.4 is 4.90 Å². The van der Waals surface area contributed by atoms with E-state index in [0.29, 0.717) is 17.9 Å². The second kappa shape index (κ2) is 6.98. The van der Waals surface area contributed by atoms with Crippen LogP contribution in [0.4, 0.5) is 5.69 Å². The lowest BCUT2D eigenvalue weighted by Crippen LogP contribution is -2.27. The summed E-state index contributed by atoms with van der Waals surface area (Å²) < 4.78 is 0. The number of carbonyl (C=O) groups is 1. The topological polar surface area (TPSA) is 47.3 Å². The van der Waals surface area contributed by atoms with Crippen LogP contribution in [0.3, 0.4) is 0 Å². The predicted octanol–water partition coefficient (Wildman–Crippen LogP) is 3.40. The van der Waals surface area contributed by atoms with Crippen LogP contribution in [-0.4, -0.2) is 30.7 Å². The van der Waals surface area contributed by atoms with E-state index in [-0.39, 0.29) is 11.3 Å². The fourth-order valence-corrected chi connectivity index (χ4v) is 3.91. The van der Waals surface area contributed by atoms with Gasteiger partial charge >= 0.3 is 0 Å². The van der Waals surface area contributed by atoms with Crippen LogP contribution in [-0.2, 0) is 11.3 Å². The third kappa shape index (κ3) is 3.39. The van der Waals surface area contributed by atoms with E-state index in [9.17, 15) is 4.79 Å². The number of carbonyl (C=O) groups excluding carboxylic acids is 1. The summed E-state index contributed by atoms with van der Waals surface area (Å²) in [6.07, 6.45) is 0. The van der Waals surface area contributed by atoms with Gasteiger partial charge in [0.25, 0.3) is 0 Å². The minimum Gasteiger partial charge on any atom is -0.378 e. The van der Waals surface area contributed by atoms with Crippen molar-refractivity contribution in [2.45, 2.75) is 11.9 Å². The zero-order chi connectivity index (χ0) is 17.1. The van der Waals surface area contributed by atoms with Crippen LogP contribution in [0, 0.1) is 11.3 Å². The average molecular weight is 337 g/mol. The lowest BCUT2D eigenvalue weighted by molar-refractivity contribution is -0.128. The van der Waals surface area contributed by atoms with Crippen molar-refractivity contribution in [3.05, 3.63) is 65.2 Å². The predicted molar refractivity (Wildman–Crippen MR) is 97.7 cm³/mol. The second-order valence-electron chi connectivity index (χ2n) is 5.98. The highest BCUT2D eigenvalue weighted by Gasteiger charge is 2.32. The minimum atomic E-state index is 0.0127. The van der Waals surface area contributed by atoms with Gasteiger partial charge < -0.3 is 9.80 Å². The number of nitriles is 1. The van der Waals surface area contributed by atoms with Crippen LogP contribution in [0.2, 0.25) is 0 Å². The van der Waals surface area contributed by atoms with Crippen molar-refractivity contribution in [2.24, 2.45) is 0 Å². The molecule has 4 nitrogen and oxygen atoms in total. The third-order valence-corrected chi connectivity index (χ3v) is 5.35. The van der Waals surface area contributed by atoms with Gasteiger partial charge in [0.1, 0.15) is 5.37 Å². The first-order valence-corrected chi connectivity index (χ1v) is 8.81. The van der Waals surface area contributed by atoms with Gasteiger partial charge in [0.2, 0.25) is 5.91 Å². The highest BCUT2D eigenvalue weighted by atomic mass is 32.2. The molecule has 0 N–H and O–H groups in total. The highest BCUT2D eigenvalue weighted by Crippen LogP contribution is 2.39. The van der Waals surface area contributed by atoms with Crippen molar-refractivity contribution in [3.8, 4) is 6.07 Å². The van der Waals surface area contributed by atoms with Crippen LogP contribution in [0.1, 0.15) is 22.1 Å². The summed E-state index contributed by atoms with van der Waals surface area (Å²) in [5, 5.41) is 8.93. The molecule has 122 valence electrons. The van der Waals surface area contributed by atoms with E-state index in [2.05, 4.69) is 35.2 Å². The van der Waals surface area contributed by atoms with Gasteiger partial charge in [-0.3, -0.25) is 4.79 Å². The van der Waals surface area contributed by atoms with Crippen LogP contribution in [0.5, 0.6) is 0 Å². The SMILES string of the molecule is CN(C)c1ccc(CN2C(=O)CSC2c2ccc(C#N)cc2)cc1. The Labute approximate surface area is 146 Å². The molecule has 1 saturated heterocycles. The minimum absolute atomic E-state index is 0.0127. The molecular weight excluding hydrogens is 318 g/mol. The molecule has 0 spiro atoms. The van der Waals surface area contributed by atoms with Crippen LogP contribution >= 0.6 is 11.8 Å². The Morgan fingerprint density at radius 1 is 1.17 bits per heavy atom. The monoisotopic (exact) mass is 337 g/mol.